The molecule has 0 aromatic heterocycles. The van der Waals surface area contributed by atoms with E-state index in [1.54, 1.807) is 14.1 Å². The van der Waals surface area contributed by atoms with Crippen molar-refractivity contribution in [1.82, 2.24) is 9.80 Å². The van der Waals surface area contributed by atoms with Crippen LogP contribution in [-0.4, -0.2) is 54.2 Å². The van der Waals surface area contributed by atoms with Crippen molar-refractivity contribution >= 4 is 17.7 Å². The average Bonchev–Trinajstić information content (AvgIpc) is 2.18. The van der Waals surface area contributed by atoms with Crippen molar-refractivity contribution in [3.63, 3.8) is 0 Å². The first-order valence-corrected chi connectivity index (χ1v) is 4.73. The molecule has 0 spiro atoms. The fourth-order valence-electron chi connectivity index (χ4n) is 1.30. The second-order valence-corrected chi connectivity index (χ2v) is 3.75. The van der Waals surface area contributed by atoms with Crippen molar-refractivity contribution in [2.75, 3.05) is 20.6 Å². The lowest BCUT2D eigenvalue weighted by Crippen LogP contribution is -2.53. The number of carbonyl (C=O) groups is 3. The summed E-state index contributed by atoms with van der Waals surface area (Å²) in [7, 11) is 3.14. The average molecular weight is 213 g/mol. The lowest BCUT2D eigenvalue weighted by molar-refractivity contribution is -0.153. The zero-order valence-corrected chi connectivity index (χ0v) is 8.90. The van der Waals surface area contributed by atoms with Crippen LogP contribution in [-0.2, 0) is 14.4 Å². The van der Waals surface area contributed by atoms with E-state index in [0.29, 0.717) is 6.42 Å². The van der Waals surface area contributed by atoms with Gasteiger partial charge in [0.15, 0.2) is 0 Å². The van der Waals surface area contributed by atoms with Crippen molar-refractivity contribution in [3.8, 4) is 0 Å². The van der Waals surface area contributed by atoms with Crippen molar-refractivity contribution in [2.24, 2.45) is 5.73 Å². The van der Waals surface area contributed by atoms with E-state index in [4.69, 9.17) is 5.73 Å². The molecule has 3 amide bonds. The highest BCUT2D eigenvalue weighted by Gasteiger charge is 2.33. The zero-order chi connectivity index (χ0) is 11.6. The molecule has 0 aromatic rings. The Labute approximate surface area is 88.0 Å². The lowest BCUT2D eigenvalue weighted by Gasteiger charge is -2.28. The maximum absolute atomic E-state index is 11.5. The summed E-state index contributed by atoms with van der Waals surface area (Å²) in [6, 6.07) is -0.655. The van der Waals surface area contributed by atoms with Crippen LogP contribution in [0.5, 0.6) is 0 Å². The number of likely N-dealkylation sites (tertiary alicyclic amines) is 1. The number of amides is 3. The Morgan fingerprint density at radius 1 is 1.53 bits per heavy atom. The second-order valence-electron chi connectivity index (χ2n) is 3.75. The van der Waals surface area contributed by atoms with Crippen LogP contribution in [0.3, 0.4) is 0 Å². The van der Waals surface area contributed by atoms with Crippen LogP contribution in [0.2, 0.25) is 0 Å². The largest absolute Gasteiger partial charge is 0.347 e. The van der Waals surface area contributed by atoms with Crippen molar-refractivity contribution < 1.29 is 14.4 Å². The Balaban J connectivity index is 2.69. The normalized spacial score (nSPS) is 21.8. The molecule has 1 atom stereocenters. The van der Waals surface area contributed by atoms with Crippen LogP contribution in [0, 0.1) is 0 Å². The van der Waals surface area contributed by atoms with Gasteiger partial charge in [0.25, 0.3) is 0 Å². The third kappa shape index (κ3) is 2.53. The zero-order valence-electron chi connectivity index (χ0n) is 8.90. The predicted molar refractivity (Wildman–Crippen MR) is 52.6 cm³/mol. The maximum atomic E-state index is 11.5. The van der Waals surface area contributed by atoms with Gasteiger partial charge in [-0.05, 0) is 6.42 Å². The van der Waals surface area contributed by atoms with Crippen LogP contribution in [0.1, 0.15) is 12.8 Å². The van der Waals surface area contributed by atoms with E-state index in [9.17, 15) is 14.4 Å². The summed E-state index contributed by atoms with van der Waals surface area (Å²) in [4.78, 5) is 36.5. The smallest absolute Gasteiger partial charge is 0.246 e. The summed E-state index contributed by atoms with van der Waals surface area (Å²) in [6.45, 7) is -0.210. The van der Waals surface area contributed by atoms with Gasteiger partial charge in [0.05, 0.1) is 6.04 Å². The molecule has 1 unspecified atom stereocenters. The lowest BCUT2D eigenvalue weighted by atomic mass is 10.1. The van der Waals surface area contributed by atoms with E-state index >= 15 is 0 Å². The Morgan fingerprint density at radius 3 is 2.67 bits per heavy atom. The van der Waals surface area contributed by atoms with Crippen LogP contribution < -0.4 is 5.73 Å². The standard InChI is InChI=1S/C9H15N3O3/c1-11(2)8(14)5-12-7(13)4-3-6(10)9(12)15/h6H,3-5,10H2,1-2H3. The van der Waals surface area contributed by atoms with Crippen LogP contribution in [0.15, 0.2) is 0 Å². The van der Waals surface area contributed by atoms with E-state index in [0.717, 1.165) is 4.90 Å². The highest BCUT2D eigenvalue weighted by molar-refractivity contribution is 6.02. The number of likely N-dealkylation sites (N-methyl/N-ethyl adjacent to an activating group) is 1. The van der Waals surface area contributed by atoms with E-state index in [-0.39, 0.29) is 24.8 Å². The predicted octanol–water partition coefficient (Wildman–Crippen LogP) is -1.45. The molecule has 0 aromatic carbocycles. The highest BCUT2D eigenvalue weighted by atomic mass is 16.2. The van der Waals surface area contributed by atoms with Crippen LogP contribution in [0.4, 0.5) is 0 Å². The van der Waals surface area contributed by atoms with Crippen LogP contribution >= 0.6 is 0 Å². The number of nitrogens with two attached hydrogens (primary N) is 1. The summed E-state index contributed by atoms with van der Waals surface area (Å²) in [5, 5.41) is 0. The number of imide groups is 1. The molecule has 6 nitrogen and oxygen atoms in total. The molecule has 6 heteroatoms. The number of carbonyl (C=O) groups excluding carboxylic acids is 3. The number of hydrogen-bond donors (Lipinski definition) is 1. The highest BCUT2D eigenvalue weighted by Crippen LogP contribution is 2.11. The molecule has 0 saturated carbocycles. The molecule has 0 bridgehead atoms. The van der Waals surface area contributed by atoms with Crippen molar-refractivity contribution in [1.29, 1.82) is 0 Å². The fraction of sp³-hybridized carbons (Fsp3) is 0.667. The SMILES string of the molecule is CN(C)C(=O)CN1C(=O)CCC(N)C1=O. The van der Waals surface area contributed by atoms with E-state index in [1.165, 1.54) is 4.90 Å². The molecule has 1 aliphatic rings. The Morgan fingerprint density at radius 2 is 2.13 bits per heavy atom. The van der Waals surface area contributed by atoms with E-state index in [1.807, 2.05) is 0 Å². The van der Waals surface area contributed by atoms with Gasteiger partial charge < -0.3 is 10.6 Å². The first kappa shape index (κ1) is 11.6. The Kier molecular flexibility index (Phi) is 3.41. The third-order valence-corrected chi connectivity index (χ3v) is 2.35. The monoisotopic (exact) mass is 213 g/mol. The number of nitrogens with zero attached hydrogens (tertiary/aromatic N) is 2. The van der Waals surface area contributed by atoms with Gasteiger partial charge in [-0.15, -0.1) is 0 Å². The molecule has 1 saturated heterocycles. The molecular weight excluding hydrogens is 198 g/mol. The number of rotatable bonds is 2. The number of piperidine rings is 1. The molecule has 1 aliphatic heterocycles. The molecular formula is C9H15N3O3. The van der Waals surface area contributed by atoms with E-state index < -0.39 is 11.9 Å². The first-order chi connectivity index (χ1) is 6.93. The molecule has 1 rings (SSSR count). The van der Waals surface area contributed by atoms with Gasteiger partial charge >= 0.3 is 0 Å². The molecule has 84 valence electrons. The van der Waals surface area contributed by atoms with Gasteiger partial charge in [-0.3, -0.25) is 19.3 Å². The first-order valence-electron chi connectivity index (χ1n) is 4.73. The van der Waals surface area contributed by atoms with Gasteiger partial charge in [0, 0.05) is 20.5 Å². The van der Waals surface area contributed by atoms with Crippen molar-refractivity contribution in [2.45, 2.75) is 18.9 Å². The molecule has 0 radical (unpaired) electrons. The molecule has 1 heterocycles. The summed E-state index contributed by atoms with van der Waals surface area (Å²) in [6.07, 6.45) is 0.595. The van der Waals surface area contributed by atoms with Gasteiger partial charge in [-0.2, -0.15) is 0 Å². The quantitative estimate of drug-likeness (QED) is 0.569. The van der Waals surface area contributed by atoms with E-state index in [2.05, 4.69) is 0 Å². The third-order valence-electron chi connectivity index (χ3n) is 2.35. The van der Waals surface area contributed by atoms with Gasteiger partial charge in [0.1, 0.15) is 6.54 Å². The summed E-state index contributed by atoms with van der Waals surface area (Å²) in [5.41, 5.74) is 5.51. The van der Waals surface area contributed by atoms with Crippen LogP contribution in [0.25, 0.3) is 0 Å². The minimum absolute atomic E-state index is 0.210. The van der Waals surface area contributed by atoms with Gasteiger partial charge in [-0.25, -0.2) is 0 Å². The Bertz CT molecular complexity index is 301. The van der Waals surface area contributed by atoms with Gasteiger partial charge in [0.2, 0.25) is 17.7 Å². The summed E-state index contributed by atoms with van der Waals surface area (Å²) >= 11 is 0. The minimum atomic E-state index is -0.655. The van der Waals surface area contributed by atoms with Gasteiger partial charge in [-0.1, -0.05) is 0 Å². The summed E-state index contributed by atoms with van der Waals surface area (Å²) < 4.78 is 0. The summed E-state index contributed by atoms with van der Waals surface area (Å²) in [5.74, 6) is -1.07. The molecule has 2 N–H and O–H groups in total. The molecule has 0 aliphatic carbocycles. The topological polar surface area (TPSA) is 83.7 Å². The molecule has 15 heavy (non-hydrogen) atoms. The minimum Gasteiger partial charge on any atom is -0.347 e. The Hall–Kier alpha value is -1.43. The number of hydrogen-bond acceptors (Lipinski definition) is 4. The maximum Gasteiger partial charge on any atom is 0.246 e. The fourth-order valence-corrected chi connectivity index (χ4v) is 1.30. The second kappa shape index (κ2) is 4.39. The molecule has 1 fully saturated rings. The van der Waals surface area contributed by atoms with Crippen molar-refractivity contribution in [3.05, 3.63) is 0 Å².